The highest BCUT2D eigenvalue weighted by atomic mass is 35.5. The van der Waals surface area contributed by atoms with Crippen molar-refractivity contribution in [1.82, 2.24) is 0 Å². The fourth-order valence-corrected chi connectivity index (χ4v) is 2.24. The summed E-state index contributed by atoms with van der Waals surface area (Å²) < 4.78 is 5.16. The second-order valence-electron chi connectivity index (χ2n) is 4.82. The number of aliphatic carboxylic acids is 1. The van der Waals surface area contributed by atoms with Gasteiger partial charge in [-0.15, -0.1) is 0 Å². The number of hydrogen-bond donors (Lipinski definition) is 1. The van der Waals surface area contributed by atoms with Crippen LogP contribution in [-0.4, -0.2) is 37.4 Å². The molecule has 0 fully saturated rings. The second kappa shape index (κ2) is 8.70. The third-order valence-electron chi connectivity index (χ3n) is 3.38. The Morgan fingerprint density at radius 2 is 2.24 bits per heavy atom. The van der Waals surface area contributed by atoms with Gasteiger partial charge in [0.15, 0.2) is 0 Å². The molecule has 0 aliphatic heterocycles. The number of ether oxygens (including phenoxy) is 1. The molecule has 0 spiro atoms. The molecule has 0 saturated carbocycles. The highest BCUT2D eigenvalue weighted by Crippen LogP contribution is 2.26. The lowest BCUT2D eigenvalue weighted by atomic mass is 10.1. The number of carboxylic acid groups (broad SMARTS) is 1. The Bertz CT molecular complexity index is 502. The molecule has 0 amide bonds. The van der Waals surface area contributed by atoms with E-state index < -0.39 is 5.97 Å². The minimum Gasteiger partial charge on any atom is -0.478 e. The molecule has 4 nitrogen and oxygen atoms in total. The van der Waals surface area contributed by atoms with Gasteiger partial charge in [-0.1, -0.05) is 24.6 Å². The highest BCUT2D eigenvalue weighted by molar-refractivity contribution is 6.32. The standard InChI is InChI=1S/C16H22ClNO3/c1-4-12(2)18(9-10-21-3)14-7-5-13(15(17)11-14)6-8-16(19)20/h5-8,11-12H,4,9-10H2,1-3H3,(H,19,20)/b8-6+. The molecule has 1 unspecified atom stereocenters. The molecule has 1 rings (SSSR count). The molecule has 0 aliphatic rings. The van der Waals surface area contributed by atoms with E-state index in [1.165, 1.54) is 6.08 Å². The number of anilines is 1. The summed E-state index contributed by atoms with van der Waals surface area (Å²) in [6.07, 6.45) is 3.59. The molecule has 0 bridgehead atoms. The molecule has 116 valence electrons. The van der Waals surface area contributed by atoms with Gasteiger partial charge >= 0.3 is 5.97 Å². The maximum Gasteiger partial charge on any atom is 0.328 e. The van der Waals surface area contributed by atoms with Crippen molar-refractivity contribution in [1.29, 1.82) is 0 Å². The van der Waals surface area contributed by atoms with Crippen molar-refractivity contribution < 1.29 is 14.6 Å². The van der Waals surface area contributed by atoms with Crippen LogP contribution in [0, 0.1) is 0 Å². The van der Waals surface area contributed by atoms with Crippen LogP contribution < -0.4 is 4.90 Å². The van der Waals surface area contributed by atoms with Crippen LogP contribution in [0.3, 0.4) is 0 Å². The molecular formula is C16H22ClNO3. The van der Waals surface area contributed by atoms with Crippen molar-refractivity contribution in [2.75, 3.05) is 25.2 Å². The quantitative estimate of drug-likeness (QED) is 0.744. The van der Waals surface area contributed by atoms with E-state index in [0.717, 1.165) is 24.7 Å². The summed E-state index contributed by atoms with van der Waals surface area (Å²) in [6, 6.07) is 6.02. The first-order valence-electron chi connectivity index (χ1n) is 6.95. The van der Waals surface area contributed by atoms with Crippen molar-refractivity contribution in [3.63, 3.8) is 0 Å². The smallest absolute Gasteiger partial charge is 0.328 e. The molecule has 0 aromatic heterocycles. The van der Waals surface area contributed by atoms with Gasteiger partial charge < -0.3 is 14.7 Å². The Morgan fingerprint density at radius 1 is 1.52 bits per heavy atom. The predicted molar refractivity (Wildman–Crippen MR) is 87.1 cm³/mol. The zero-order valence-corrected chi connectivity index (χ0v) is 13.4. The molecular weight excluding hydrogens is 290 g/mol. The van der Waals surface area contributed by atoms with Crippen LogP contribution in [0.2, 0.25) is 5.02 Å². The van der Waals surface area contributed by atoms with Crippen molar-refractivity contribution >= 4 is 29.3 Å². The first kappa shape index (κ1) is 17.5. The lowest BCUT2D eigenvalue weighted by molar-refractivity contribution is -0.131. The number of halogens is 1. The average Bonchev–Trinajstić information content (AvgIpc) is 2.46. The SMILES string of the molecule is CCC(C)N(CCOC)c1ccc(/C=C/C(=O)O)c(Cl)c1. The zero-order chi connectivity index (χ0) is 15.8. The van der Waals surface area contributed by atoms with E-state index in [1.54, 1.807) is 7.11 Å². The van der Waals surface area contributed by atoms with Crippen LogP contribution in [0.1, 0.15) is 25.8 Å². The van der Waals surface area contributed by atoms with Gasteiger partial charge in [-0.05, 0) is 37.1 Å². The van der Waals surface area contributed by atoms with Crippen LogP contribution in [0.5, 0.6) is 0 Å². The molecule has 1 atom stereocenters. The normalized spacial score (nSPS) is 12.6. The topological polar surface area (TPSA) is 49.8 Å². The van der Waals surface area contributed by atoms with E-state index >= 15 is 0 Å². The number of benzene rings is 1. The molecule has 0 heterocycles. The van der Waals surface area contributed by atoms with E-state index in [-0.39, 0.29) is 0 Å². The fraction of sp³-hybridized carbons (Fsp3) is 0.438. The number of methoxy groups -OCH3 is 1. The number of carboxylic acids is 1. The molecule has 0 radical (unpaired) electrons. The Morgan fingerprint density at radius 3 is 2.76 bits per heavy atom. The van der Waals surface area contributed by atoms with E-state index in [2.05, 4.69) is 18.7 Å². The van der Waals surface area contributed by atoms with Crippen molar-refractivity contribution in [3.8, 4) is 0 Å². The van der Waals surface area contributed by atoms with Gasteiger partial charge in [0, 0.05) is 36.5 Å². The minimum atomic E-state index is -0.989. The van der Waals surface area contributed by atoms with Gasteiger partial charge in [0.2, 0.25) is 0 Å². The first-order chi connectivity index (χ1) is 9.99. The van der Waals surface area contributed by atoms with E-state index in [9.17, 15) is 4.79 Å². The molecule has 0 aliphatic carbocycles. The third-order valence-corrected chi connectivity index (χ3v) is 3.71. The van der Waals surface area contributed by atoms with Crippen LogP contribution >= 0.6 is 11.6 Å². The van der Waals surface area contributed by atoms with Gasteiger partial charge in [-0.2, -0.15) is 0 Å². The third kappa shape index (κ3) is 5.40. The van der Waals surface area contributed by atoms with Gasteiger partial charge in [0.05, 0.1) is 6.61 Å². The zero-order valence-electron chi connectivity index (χ0n) is 12.7. The predicted octanol–water partition coefficient (Wildman–Crippen LogP) is 3.69. The summed E-state index contributed by atoms with van der Waals surface area (Å²) in [6.45, 7) is 5.71. The van der Waals surface area contributed by atoms with Crippen LogP contribution in [0.15, 0.2) is 24.3 Å². The Hall–Kier alpha value is -1.52. The maximum absolute atomic E-state index is 10.6. The molecule has 1 aromatic rings. The monoisotopic (exact) mass is 311 g/mol. The van der Waals surface area contributed by atoms with Crippen molar-refractivity contribution in [2.45, 2.75) is 26.3 Å². The molecule has 0 saturated heterocycles. The van der Waals surface area contributed by atoms with Gasteiger partial charge in [-0.3, -0.25) is 0 Å². The van der Waals surface area contributed by atoms with Crippen molar-refractivity contribution in [3.05, 3.63) is 34.9 Å². The Labute approximate surface area is 131 Å². The molecule has 21 heavy (non-hydrogen) atoms. The number of carbonyl (C=O) groups is 1. The molecule has 1 N–H and O–H groups in total. The summed E-state index contributed by atoms with van der Waals surface area (Å²) in [7, 11) is 1.68. The number of hydrogen-bond acceptors (Lipinski definition) is 3. The van der Waals surface area contributed by atoms with E-state index in [0.29, 0.717) is 23.2 Å². The van der Waals surface area contributed by atoms with Crippen LogP contribution in [0.4, 0.5) is 5.69 Å². The molecule has 5 heteroatoms. The fourth-order valence-electron chi connectivity index (χ4n) is 2.00. The van der Waals surface area contributed by atoms with Crippen LogP contribution in [-0.2, 0) is 9.53 Å². The van der Waals surface area contributed by atoms with Crippen molar-refractivity contribution in [2.24, 2.45) is 0 Å². The maximum atomic E-state index is 10.6. The summed E-state index contributed by atoms with van der Waals surface area (Å²) in [5, 5.41) is 9.20. The Kier molecular flexibility index (Phi) is 7.26. The highest BCUT2D eigenvalue weighted by Gasteiger charge is 2.13. The number of rotatable bonds is 8. The summed E-state index contributed by atoms with van der Waals surface area (Å²) >= 11 is 6.24. The Balaban J connectivity index is 3.00. The summed E-state index contributed by atoms with van der Waals surface area (Å²) in [4.78, 5) is 12.8. The minimum absolute atomic E-state index is 0.372. The second-order valence-corrected chi connectivity index (χ2v) is 5.23. The largest absolute Gasteiger partial charge is 0.478 e. The lowest BCUT2D eigenvalue weighted by Crippen LogP contribution is -2.35. The lowest BCUT2D eigenvalue weighted by Gasteiger charge is -2.31. The average molecular weight is 312 g/mol. The van der Waals surface area contributed by atoms with Gasteiger partial charge in [0.1, 0.15) is 0 Å². The summed E-state index contributed by atoms with van der Waals surface area (Å²) in [5.74, 6) is -0.989. The van der Waals surface area contributed by atoms with Gasteiger partial charge in [0.25, 0.3) is 0 Å². The summed E-state index contributed by atoms with van der Waals surface area (Å²) in [5.41, 5.74) is 1.71. The number of nitrogens with zero attached hydrogens (tertiary/aromatic N) is 1. The van der Waals surface area contributed by atoms with E-state index in [4.69, 9.17) is 21.4 Å². The molecule has 1 aromatic carbocycles. The van der Waals surface area contributed by atoms with E-state index in [1.807, 2.05) is 18.2 Å². The first-order valence-corrected chi connectivity index (χ1v) is 7.33. The van der Waals surface area contributed by atoms with Crippen LogP contribution in [0.25, 0.3) is 6.08 Å². The van der Waals surface area contributed by atoms with Gasteiger partial charge in [-0.25, -0.2) is 4.79 Å².